The fourth-order valence-electron chi connectivity index (χ4n) is 0.692. The number of carboxylic acids is 1. The van der Waals surface area contributed by atoms with Gasteiger partial charge in [-0.25, -0.2) is 17.9 Å². The third-order valence-electron chi connectivity index (χ3n) is 1.63. The van der Waals surface area contributed by atoms with Gasteiger partial charge in [0.25, 0.3) is 0 Å². The molecule has 0 heterocycles. The average Bonchev–Trinajstić information content (AvgIpc) is 2.12. The van der Waals surface area contributed by atoms with Gasteiger partial charge >= 0.3 is 5.97 Å². The van der Waals surface area contributed by atoms with Crippen molar-refractivity contribution in [2.24, 2.45) is 0 Å². The lowest BCUT2D eigenvalue weighted by Gasteiger charge is -2.01. The Labute approximate surface area is 83.9 Å². The summed E-state index contributed by atoms with van der Waals surface area (Å²) in [7, 11) is -3.16. The monoisotopic (exact) mass is 221 g/mol. The highest BCUT2D eigenvalue weighted by atomic mass is 32.2. The van der Waals surface area contributed by atoms with E-state index in [0.717, 1.165) is 0 Å². The summed E-state index contributed by atoms with van der Waals surface area (Å²) in [6, 6.07) is 0. The van der Waals surface area contributed by atoms with Gasteiger partial charge in [0.15, 0.2) is 0 Å². The standard InChI is InChI=1S/C8H15NO4S/c1-3-14(12,13)9-6-4-5-7(2)8(10)11/h5,9H,3-4,6H2,1-2H3,(H,10,11). The first kappa shape index (κ1) is 13.1. The topological polar surface area (TPSA) is 83.5 Å². The smallest absolute Gasteiger partial charge is 0.330 e. The molecule has 0 saturated heterocycles. The van der Waals surface area contributed by atoms with Crippen LogP contribution in [-0.4, -0.2) is 31.8 Å². The van der Waals surface area contributed by atoms with Crippen LogP contribution < -0.4 is 4.72 Å². The molecular weight excluding hydrogens is 206 g/mol. The summed E-state index contributed by atoms with van der Waals surface area (Å²) in [5.41, 5.74) is 0.223. The van der Waals surface area contributed by atoms with E-state index in [1.54, 1.807) is 6.92 Å². The SMILES string of the molecule is CCS(=O)(=O)NCCC=C(C)C(=O)O. The van der Waals surface area contributed by atoms with Gasteiger partial charge in [-0.3, -0.25) is 0 Å². The van der Waals surface area contributed by atoms with Gasteiger partial charge in [0.1, 0.15) is 0 Å². The third kappa shape index (κ3) is 5.71. The van der Waals surface area contributed by atoms with Crippen molar-refractivity contribution >= 4 is 16.0 Å². The van der Waals surface area contributed by atoms with E-state index in [0.29, 0.717) is 6.42 Å². The van der Waals surface area contributed by atoms with Crippen LogP contribution in [0, 0.1) is 0 Å². The maximum absolute atomic E-state index is 10.9. The van der Waals surface area contributed by atoms with E-state index in [1.807, 2.05) is 0 Å². The van der Waals surface area contributed by atoms with Crippen LogP contribution in [0.2, 0.25) is 0 Å². The minimum Gasteiger partial charge on any atom is -0.478 e. The molecule has 0 aliphatic heterocycles. The molecule has 82 valence electrons. The summed E-state index contributed by atoms with van der Waals surface area (Å²) in [6.45, 7) is 3.25. The van der Waals surface area contributed by atoms with Crippen LogP contribution in [0.4, 0.5) is 0 Å². The fourth-order valence-corrected chi connectivity index (χ4v) is 1.33. The second-order valence-electron chi connectivity index (χ2n) is 2.78. The number of carboxylic acid groups (broad SMARTS) is 1. The molecule has 0 rings (SSSR count). The molecular formula is C8H15NO4S. The van der Waals surface area contributed by atoms with Crippen LogP contribution in [-0.2, 0) is 14.8 Å². The molecule has 0 atom stereocenters. The highest BCUT2D eigenvalue weighted by Crippen LogP contribution is 1.94. The highest BCUT2D eigenvalue weighted by molar-refractivity contribution is 7.89. The van der Waals surface area contributed by atoms with Crippen molar-refractivity contribution in [3.8, 4) is 0 Å². The van der Waals surface area contributed by atoms with Crippen LogP contribution >= 0.6 is 0 Å². The van der Waals surface area contributed by atoms with E-state index in [9.17, 15) is 13.2 Å². The van der Waals surface area contributed by atoms with Crippen LogP contribution in [0.15, 0.2) is 11.6 Å². The second kappa shape index (κ2) is 5.77. The van der Waals surface area contributed by atoms with E-state index < -0.39 is 16.0 Å². The maximum Gasteiger partial charge on any atom is 0.330 e. The van der Waals surface area contributed by atoms with Crippen molar-refractivity contribution in [1.82, 2.24) is 4.72 Å². The lowest BCUT2D eigenvalue weighted by Crippen LogP contribution is -2.25. The maximum atomic E-state index is 10.9. The van der Waals surface area contributed by atoms with Gasteiger partial charge in [0, 0.05) is 12.1 Å². The Bertz CT molecular complexity index is 318. The molecule has 0 fully saturated rings. The highest BCUT2D eigenvalue weighted by Gasteiger charge is 2.04. The zero-order valence-corrected chi connectivity index (χ0v) is 9.10. The summed E-state index contributed by atoms with van der Waals surface area (Å²) in [4.78, 5) is 10.3. The quantitative estimate of drug-likeness (QED) is 0.500. The minimum atomic E-state index is -3.16. The summed E-state index contributed by atoms with van der Waals surface area (Å²) >= 11 is 0. The van der Waals surface area contributed by atoms with Crippen molar-refractivity contribution in [3.63, 3.8) is 0 Å². The zero-order chi connectivity index (χ0) is 11.2. The van der Waals surface area contributed by atoms with E-state index >= 15 is 0 Å². The predicted molar refractivity (Wildman–Crippen MR) is 53.5 cm³/mol. The molecule has 0 unspecified atom stereocenters. The summed E-state index contributed by atoms with van der Waals surface area (Å²) < 4.78 is 24.2. The van der Waals surface area contributed by atoms with Gasteiger partial charge in [-0.2, -0.15) is 0 Å². The number of aliphatic carboxylic acids is 1. The van der Waals surface area contributed by atoms with Crippen molar-refractivity contribution in [2.45, 2.75) is 20.3 Å². The largest absolute Gasteiger partial charge is 0.478 e. The normalized spacial score (nSPS) is 12.9. The number of sulfonamides is 1. The molecule has 0 amide bonds. The van der Waals surface area contributed by atoms with Crippen molar-refractivity contribution < 1.29 is 18.3 Å². The van der Waals surface area contributed by atoms with Crippen molar-refractivity contribution in [3.05, 3.63) is 11.6 Å². The molecule has 0 aliphatic rings. The Morgan fingerprint density at radius 2 is 2.07 bits per heavy atom. The molecule has 0 aromatic heterocycles. The molecule has 0 saturated carbocycles. The minimum absolute atomic E-state index is 0.0363. The zero-order valence-electron chi connectivity index (χ0n) is 8.28. The third-order valence-corrected chi connectivity index (χ3v) is 3.04. The van der Waals surface area contributed by atoms with E-state index in [1.165, 1.54) is 13.0 Å². The van der Waals surface area contributed by atoms with Gasteiger partial charge in [-0.15, -0.1) is 0 Å². The number of hydrogen-bond acceptors (Lipinski definition) is 3. The van der Waals surface area contributed by atoms with E-state index in [2.05, 4.69) is 4.72 Å². The number of nitrogens with one attached hydrogen (secondary N) is 1. The Hall–Kier alpha value is -0.880. The second-order valence-corrected chi connectivity index (χ2v) is 4.87. The van der Waals surface area contributed by atoms with Crippen molar-refractivity contribution in [2.75, 3.05) is 12.3 Å². The van der Waals surface area contributed by atoms with Gasteiger partial charge in [-0.05, 0) is 20.3 Å². The van der Waals surface area contributed by atoms with Crippen molar-refractivity contribution in [1.29, 1.82) is 0 Å². The van der Waals surface area contributed by atoms with E-state index in [4.69, 9.17) is 5.11 Å². The lowest BCUT2D eigenvalue weighted by atomic mass is 10.2. The first-order valence-electron chi connectivity index (χ1n) is 4.26. The first-order valence-corrected chi connectivity index (χ1v) is 5.91. The molecule has 5 nitrogen and oxygen atoms in total. The number of carbonyl (C=O) groups is 1. The molecule has 0 aromatic carbocycles. The fraction of sp³-hybridized carbons (Fsp3) is 0.625. The molecule has 6 heteroatoms. The number of hydrogen-bond donors (Lipinski definition) is 2. The Morgan fingerprint density at radius 1 is 1.50 bits per heavy atom. The molecule has 0 bridgehead atoms. The first-order chi connectivity index (χ1) is 6.39. The van der Waals surface area contributed by atoms with Crippen LogP contribution in [0.5, 0.6) is 0 Å². The predicted octanol–water partition coefficient (Wildman–Crippen LogP) is 0.347. The summed E-state index contributed by atoms with van der Waals surface area (Å²) in [5, 5.41) is 8.48. The Kier molecular flexibility index (Phi) is 5.40. The van der Waals surface area contributed by atoms with E-state index in [-0.39, 0.29) is 17.9 Å². The van der Waals surface area contributed by atoms with Crippen LogP contribution in [0.25, 0.3) is 0 Å². The molecule has 0 radical (unpaired) electrons. The van der Waals surface area contributed by atoms with Gasteiger partial charge in [-0.1, -0.05) is 6.08 Å². The molecule has 2 N–H and O–H groups in total. The molecule has 0 spiro atoms. The van der Waals surface area contributed by atoms with Gasteiger partial charge < -0.3 is 5.11 Å². The Morgan fingerprint density at radius 3 is 2.50 bits per heavy atom. The molecule has 0 aliphatic carbocycles. The molecule has 14 heavy (non-hydrogen) atoms. The average molecular weight is 221 g/mol. The summed E-state index contributed by atoms with van der Waals surface area (Å²) in [5.74, 6) is -0.947. The van der Waals surface area contributed by atoms with Crippen LogP contribution in [0.3, 0.4) is 0 Å². The number of rotatable bonds is 6. The van der Waals surface area contributed by atoms with Gasteiger partial charge in [0.2, 0.25) is 10.0 Å². The van der Waals surface area contributed by atoms with Crippen LogP contribution in [0.1, 0.15) is 20.3 Å². The lowest BCUT2D eigenvalue weighted by molar-refractivity contribution is -0.132. The van der Waals surface area contributed by atoms with Gasteiger partial charge in [0.05, 0.1) is 5.75 Å². The molecule has 0 aromatic rings. The summed E-state index contributed by atoms with van der Waals surface area (Å²) in [6.07, 6.45) is 1.87. The Balaban J connectivity index is 3.88.